The van der Waals surface area contributed by atoms with Gasteiger partial charge in [0.25, 0.3) is 0 Å². The number of aryl methyl sites for hydroxylation is 1. The van der Waals surface area contributed by atoms with Gasteiger partial charge in [0, 0.05) is 0 Å². The van der Waals surface area contributed by atoms with Crippen LogP contribution in [0.1, 0.15) is 24.9 Å². The molecule has 17 heavy (non-hydrogen) atoms. The second-order valence-corrected chi connectivity index (χ2v) is 3.72. The van der Waals surface area contributed by atoms with Gasteiger partial charge in [-0.05, 0) is 25.5 Å². The number of amides is 1. The number of nitrogens with two attached hydrogens (primary N) is 1. The molecule has 1 heterocycles. The first kappa shape index (κ1) is 13.1. The molecule has 6 heteroatoms. The number of oxime groups is 1. The Balaban J connectivity index is 2.54. The fraction of sp³-hybridized carbons (Fsp3) is 0.455. The number of amidine groups is 1. The van der Waals surface area contributed by atoms with E-state index in [2.05, 4.69) is 10.5 Å². The van der Waals surface area contributed by atoms with Gasteiger partial charge in [0.05, 0.1) is 12.5 Å². The van der Waals surface area contributed by atoms with E-state index in [0.29, 0.717) is 18.7 Å². The second kappa shape index (κ2) is 5.93. The van der Waals surface area contributed by atoms with E-state index in [1.54, 1.807) is 13.0 Å². The number of carbonyl (C=O) groups is 1. The van der Waals surface area contributed by atoms with Crippen LogP contribution < -0.4 is 11.1 Å². The van der Waals surface area contributed by atoms with E-state index in [0.717, 1.165) is 5.76 Å². The molecule has 1 aromatic rings. The maximum absolute atomic E-state index is 11.7. The van der Waals surface area contributed by atoms with Crippen LogP contribution in [-0.4, -0.2) is 17.0 Å². The quantitative estimate of drug-likeness (QED) is 0.308. The highest BCUT2D eigenvalue weighted by Crippen LogP contribution is 2.07. The minimum Gasteiger partial charge on any atom is -0.465 e. The molecule has 0 saturated carbocycles. The molecule has 6 nitrogen and oxygen atoms in total. The van der Waals surface area contributed by atoms with E-state index in [9.17, 15) is 4.79 Å². The first-order chi connectivity index (χ1) is 8.08. The van der Waals surface area contributed by atoms with Crippen LogP contribution in [0.15, 0.2) is 21.7 Å². The number of nitrogens with zero attached hydrogens (tertiary/aromatic N) is 1. The monoisotopic (exact) mass is 239 g/mol. The fourth-order valence-corrected chi connectivity index (χ4v) is 1.48. The van der Waals surface area contributed by atoms with E-state index in [1.165, 1.54) is 0 Å². The van der Waals surface area contributed by atoms with Gasteiger partial charge in [-0.2, -0.15) is 0 Å². The molecule has 0 radical (unpaired) electrons. The lowest BCUT2D eigenvalue weighted by Crippen LogP contribution is -2.38. The Bertz CT molecular complexity index is 412. The van der Waals surface area contributed by atoms with Crippen LogP contribution in [0, 0.1) is 12.8 Å². The third-order valence-corrected chi connectivity index (χ3v) is 2.43. The summed E-state index contributed by atoms with van der Waals surface area (Å²) in [6.45, 7) is 3.91. The molecule has 1 aromatic heterocycles. The van der Waals surface area contributed by atoms with Gasteiger partial charge in [-0.25, -0.2) is 0 Å². The third-order valence-electron chi connectivity index (χ3n) is 2.43. The van der Waals surface area contributed by atoms with Crippen molar-refractivity contribution in [3.8, 4) is 0 Å². The van der Waals surface area contributed by atoms with Crippen molar-refractivity contribution in [3.63, 3.8) is 0 Å². The fourth-order valence-electron chi connectivity index (χ4n) is 1.48. The Morgan fingerprint density at radius 2 is 2.35 bits per heavy atom. The molecule has 0 bridgehead atoms. The van der Waals surface area contributed by atoms with Crippen LogP contribution in [0.5, 0.6) is 0 Å². The highest BCUT2D eigenvalue weighted by molar-refractivity contribution is 6.01. The van der Waals surface area contributed by atoms with E-state index >= 15 is 0 Å². The number of hydrogen-bond acceptors (Lipinski definition) is 4. The third kappa shape index (κ3) is 3.51. The molecule has 0 aromatic carbocycles. The molecule has 0 saturated heterocycles. The van der Waals surface area contributed by atoms with Crippen molar-refractivity contribution in [2.24, 2.45) is 16.8 Å². The number of nitrogens with one attached hydrogen (secondary N) is 1. The zero-order valence-electron chi connectivity index (χ0n) is 9.93. The smallest absolute Gasteiger partial charge is 0.231 e. The van der Waals surface area contributed by atoms with Gasteiger partial charge < -0.3 is 20.7 Å². The molecule has 0 aliphatic carbocycles. The summed E-state index contributed by atoms with van der Waals surface area (Å²) in [7, 11) is 0. The Kier molecular flexibility index (Phi) is 4.56. The van der Waals surface area contributed by atoms with Crippen molar-refractivity contribution in [3.05, 3.63) is 23.7 Å². The van der Waals surface area contributed by atoms with Crippen molar-refractivity contribution in [2.45, 2.75) is 26.8 Å². The lowest BCUT2D eigenvalue weighted by Gasteiger charge is -2.12. The van der Waals surface area contributed by atoms with Crippen LogP contribution in [-0.2, 0) is 11.3 Å². The van der Waals surface area contributed by atoms with E-state index in [1.807, 2.05) is 13.0 Å². The largest absolute Gasteiger partial charge is 0.465 e. The van der Waals surface area contributed by atoms with Gasteiger partial charge >= 0.3 is 0 Å². The summed E-state index contributed by atoms with van der Waals surface area (Å²) < 4.78 is 5.31. The second-order valence-electron chi connectivity index (χ2n) is 3.72. The van der Waals surface area contributed by atoms with Crippen molar-refractivity contribution in [2.75, 3.05) is 0 Å². The molecule has 4 N–H and O–H groups in total. The molecule has 0 aliphatic heterocycles. The standard InChI is InChI=1S/C11H17N3O3/c1-3-9(10(12)14-16)11(15)13-6-8-5-4-7(2)17-8/h4-5,9,16H,3,6H2,1-2H3,(H2,12,14)(H,13,15). The highest BCUT2D eigenvalue weighted by Gasteiger charge is 2.20. The minimum atomic E-state index is -0.615. The molecule has 94 valence electrons. The highest BCUT2D eigenvalue weighted by atomic mass is 16.4. The molecule has 1 rings (SSSR count). The first-order valence-electron chi connectivity index (χ1n) is 5.39. The van der Waals surface area contributed by atoms with Crippen molar-refractivity contribution >= 4 is 11.7 Å². The minimum absolute atomic E-state index is 0.0828. The first-order valence-corrected chi connectivity index (χ1v) is 5.39. The van der Waals surface area contributed by atoms with Crippen molar-refractivity contribution < 1.29 is 14.4 Å². The summed E-state index contributed by atoms with van der Waals surface area (Å²) in [4.78, 5) is 11.7. The van der Waals surface area contributed by atoms with Crippen LogP contribution in [0.3, 0.4) is 0 Å². The Hall–Kier alpha value is -1.98. The number of hydrogen-bond donors (Lipinski definition) is 3. The Morgan fingerprint density at radius 1 is 1.65 bits per heavy atom. The van der Waals surface area contributed by atoms with Crippen molar-refractivity contribution in [1.29, 1.82) is 0 Å². The maximum atomic E-state index is 11.7. The van der Waals surface area contributed by atoms with E-state index in [4.69, 9.17) is 15.4 Å². The summed E-state index contributed by atoms with van der Waals surface area (Å²) in [5, 5.41) is 14.1. The van der Waals surface area contributed by atoms with Crippen molar-refractivity contribution in [1.82, 2.24) is 5.32 Å². The molecule has 1 unspecified atom stereocenters. The summed E-state index contributed by atoms with van der Waals surface area (Å²) in [5.74, 6) is 0.483. The van der Waals surface area contributed by atoms with Crippen LogP contribution in [0.2, 0.25) is 0 Å². The maximum Gasteiger partial charge on any atom is 0.231 e. The van der Waals surface area contributed by atoms with Gasteiger partial charge in [0.1, 0.15) is 11.5 Å². The Morgan fingerprint density at radius 3 is 2.82 bits per heavy atom. The zero-order valence-corrected chi connectivity index (χ0v) is 9.93. The number of furan rings is 1. The van der Waals surface area contributed by atoms with Gasteiger partial charge in [-0.3, -0.25) is 4.79 Å². The zero-order chi connectivity index (χ0) is 12.8. The molecule has 0 fully saturated rings. The van der Waals surface area contributed by atoms with Crippen LogP contribution in [0.4, 0.5) is 0 Å². The Labute approximate surface area is 99.5 Å². The average molecular weight is 239 g/mol. The normalized spacial score (nSPS) is 13.4. The molecule has 1 amide bonds. The molecular formula is C11H17N3O3. The van der Waals surface area contributed by atoms with Gasteiger partial charge in [0.2, 0.25) is 5.91 Å². The molecular weight excluding hydrogens is 222 g/mol. The topological polar surface area (TPSA) is 101 Å². The number of rotatable bonds is 5. The summed E-state index contributed by atoms with van der Waals surface area (Å²) in [6.07, 6.45) is 0.471. The lowest BCUT2D eigenvalue weighted by atomic mass is 10.0. The summed E-state index contributed by atoms with van der Waals surface area (Å²) in [6, 6.07) is 3.61. The molecule has 0 aliphatic rings. The molecule has 1 atom stereocenters. The van der Waals surface area contributed by atoms with E-state index < -0.39 is 5.92 Å². The average Bonchev–Trinajstić information content (AvgIpc) is 2.73. The SMILES string of the molecule is CCC(C(=O)NCc1ccc(C)o1)/C(N)=N/O. The number of carbonyl (C=O) groups excluding carboxylic acids is 1. The summed E-state index contributed by atoms with van der Waals surface area (Å²) in [5.41, 5.74) is 5.42. The van der Waals surface area contributed by atoms with Gasteiger partial charge in [-0.1, -0.05) is 12.1 Å². The predicted molar refractivity (Wildman–Crippen MR) is 62.5 cm³/mol. The lowest BCUT2D eigenvalue weighted by molar-refractivity contribution is -0.123. The predicted octanol–water partition coefficient (Wildman–Crippen LogP) is 0.977. The molecule has 0 spiro atoms. The van der Waals surface area contributed by atoms with E-state index in [-0.39, 0.29) is 11.7 Å². The van der Waals surface area contributed by atoms with Gasteiger partial charge in [-0.15, -0.1) is 0 Å². The van der Waals surface area contributed by atoms with Crippen LogP contribution >= 0.6 is 0 Å². The summed E-state index contributed by atoms with van der Waals surface area (Å²) >= 11 is 0. The van der Waals surface area contributed by atoms with Crippen LogP contribution in [0.25, 0.3) is 0 Å². The van der Waals surface area contributed by atoms with Gasteiger partial charge in [0.15, 0.2) is 5.84 Å².